The van der Waals surface area contributed by atoms with E-state index in [1.54, 1.807) is 7.05 Å². The molecule has 3 N–H and O–H groups in total. The SMILES string of the molecule is CNC(=O)C12CC(CNC(=O)C3(C4CCCCC4)CC3)(C1)OC21CCNCC1. The fourth-order valence-electron chi connectivity index (χ4n) is 7.16. The zero-order chi connectivity index (χ0) is 19.5. The number of rotatable bonds is 5. The van der Waals surface area contributed by atoms with Gasteiger partial charge in [0.2, 0.25) is 11.8 Å². The third-order valence-corrected chi connectivity index (χ3v) is 8.80. The Morgan fingerprint density at radius 2 is 1.68 bits per heavy atom. The van der Waals surface area contributed by atoms with Crippen molar-refractivity contribution < 1.29 is 14.3 Å². The highest BCUT2D eigenvalue weighted by Crippen LogP contribution is 2.69. The molecule has 3 aliphatic carbocycles. The normalized spacial score (nSPS) is 37.9. The molecule has 6 heteroatoms. The lowest BCUT2D eigenvalue weighted by atomic mass is 9.53. The van der Waals surface area contributed by atoms with E-state index in [1.807, 2.05) is 0 Å². The summed E-state index contributed by atoms with van der Waals surface area (Å²) in [7, 11) is 1.73. The van der Waals surface area contributed by atoms with E-state index in [-0.39, 0.29) is 28.4 Å². The van der Waals surface area contributed by atoms with E-state index in [0.29, 0.717) is 12.5 Å². The minimum Gasteiger partial charge on any atom is -0.365 e. The van der Waals surface area contributed by atoms with Crippen molar-refractivity contribution >= 4 is 11.8 Å². The molecule has 3 saturated heterocycles. The molecule has 3 aliphatic heterocycles. The second-order valence-corrected chi connectivity index (χ2v) is 10.2. The van der Waals surface area contributed by atoms with Gasteiger partial charge in [0.05, 0.1) is 22.0 Å². The Labute approximate surface area is 167 Å². The van der Waals surface area contributed by atoms with E-state index >= 15 is 0 Å². The fraction of sp³-hybridized carbons (Fsp3) is 0.909. The van der Waals surface area contributed by atoms with Crippen LogP contribution in [0.3, 0.4) is 0 Å². The molecule has 3 heterocycles. The van der Waals surface area contributed by atoms with Crippen molar-refractivity contribution in [1.82, 2.24) is 16.0 Å². The van der Waals surface area contributed by atoms with Crippen LogP contribution in [0.1, 0.15) is 70.6 Å². The van der Waals surface area contributed by atoms with Gasteiger partial charge in [-0.3, -0.25) is 9.59 Å². The number of amides is 2. The maximum absolute atomic E-state index is 13.1. The van der Waals surface area contributed by atoms with Gasteiger partial charge in [-0.05, 0) is 70.4 Å². The number of hydrogen-bond donors (Lipinski definition) is 3. The van der Waals surface area contributed by atoms with E-state index in [9.17, 15) is 9.59 Å². The van der Waals surface area contributed by atoms with Crippen molar-refractivity contribution in [3.05, 3.63) is 0 Å². The van der Waals surface area contributed by atoms with E-state index in [1.165, 1.54) is 32.1 Å². The van der Waals surface area contributed by atoms with Gasteiger partial charge < -0.3 is 20.7 Å². The second kappa shape index (κ2) is 6.43. The first kappa shape index (κ1) is 18.9. The van der Waals surface area contributed by atoms with Crippen LogP contribution in [0.15, 0.2) is 0 Å². The zero-order valence-electron chi connectivity index (χ0n) is 17.2. The van der Waals surface area contributed by atoms with Gasteiger partial charge in [-0.15, -0.1) is 0 Å². The van der Waals surface area contributed by atoms with Crippen LogP contribution in [-0.4, -0.2) is 49.7 Å². The molecule has 0 aromatic heterocycles. The summed E-state index contributed by atoms with van der Waals surface area (Å²) in [4.78, 5) is 25.9. The molecule has 28 heavy (non-hydrogen) atoms. The van der Waals surface area contributed by atoms with E-state index in [2.05, 4.69) is 16.0 Å². The lowest BCUT2D eigenvalue weighted by molar-refractivity contribution is -0.140. The van der Waals surface area contributed by atoms with E-state index < -0.39 is 5.41 Å². The molecular formula is C22H35N3O3. The minimum atomic E-state index is -0.408. The van der Waals surface area contributed by atoms with Crippen LogP contribution < -0.4 is 16.0 Å². The molecule has 6 nitrogen and oxygen atoms in total. The number of ether oxygens (including phenoxy) is 1. The number of hydrogen-bond acceptors (Lipinski definition) is 4. The number of nitrogens with one attached hydrogen (secondary N) is 3. The third-order valence-electron chi connectivity index (χ3n) is 8.80. The van der Waals surface area contributed by atoms with Gasteiger partial charge in [-0.2, -0.15) is 0 Å². The van der Waals surface area contributed by atoms with Gasteiger partial charge in [-0.25, -0.2) is 0 Å². The van der Waals surface area contributed by atoms with Crippen LogP contribution in [-0.2, 0) is 14.3 Å². The molecule has 0 radical (unpaired) electrons. The first-order chi connectivity index (χ1) is 13.5. The summed E-state index contributed by atoms with van der Waals surface area (Å²) in [5.41, 5.74) is -1.20. The molecule has 1 spiro atoms. The second-order valence-electron chi connectivity index (χ2n) is 10.2. The molecule has 6 rings (SSSR count). The molecule has 2 bridgehead atoms. The third kappa shape index (κ3) is 2.53. The highest BCUT2D eigenvalue weighted by molar-refractivity contribution is 5.87. The number of carbonyl (C=O) groups excluding carboxylic acids is 2. The van der Waals surface area contributed by atoms with Crippen molar-refractivity contribution in [2.75, 3.05) is 26.7 Å². The predicted octanol–water partition coefficient (Wildman–Crippen LogP) is 1.88. The quantitative estimate of drug-likeness (QED) is 0.671. The molecule has 2 amide bonds. The maximum atomic E-state index is 13.1. The van der Waals surface area contributed by atoms with Gasteiger partial charge in [0.25, 0.3) is 0 Å². The Bertz CT molecular complexity index is 654. The molecule has 0 unspecified atom stereocenters. The summed E-state index contributed by atoms with van der Waals surface area (Å²) in [5.74, 6) is 0.946. The fourth-order valence-corrected chi connectivity index (χ4v) is 7.16. The minimum absolute atomic E-state index is 0.0935. The number of carbonyl (C=O) groups is 2. The van der Waals surface area contributed by atoms with Crippen molar-refractivity contribution in [3.63, 3.8) is 0 Å². The molecule has 0 aromatic rings. The van der Waals surface area contributed by atoms with E-state index in [0.717, 1.165) is 51.6 Å². The summed E-state index contributed by atoms with van der Waals surface area (Å²) < 4.78 is 6.69. The Kier molecular flexibility index (Phi) is 4.33. The Morgan fingerprint density at radius 1 is 1.00 bits per heavy atom. The van der Waals surface area contributed by atoms with Crippen LogP contribution >= 0.6 is 0 Å². The highest BCUT2D eigenvalue weighted by Gasteiger charge is 2.77. The van der Waals surface area contributed by atoms with Crippen LogP contribution in [0.25, 0.3) is 0 Å². The Morgan fingerprint density at radius 3 is 2.29 bits per heavy atom. The summed E-state index contributed by atoms with van der Waals surface area (Å²) in [6.07, 6.45) is 11.6. The molecule has 0 atom stereocenters. The van der Waals surface area contributed by atoms with Crippen molar-refractivity contribution in [2.45, 2.75) is 81.8 Å². The van der Waals surface area contributed by atoms with Gasteiger partial charge in [-0.1, -0.05) is 19.3 Å². The molecule has 6 aliphatic rings. The van der Waals surface area contributed by atoms with Crippen LogP contribution in [0, 0.1) is 16.7 Å². The molecule has 156 valence electrons. The lowest BCUT2D eigenvalue weighted by Crippen LogP contribution is -2.61. The summed E-state index contributed by atoms with van der Waals surface area (Å²) in [5, 5.41) is 9.57. The van der Waals surface area contributed by atoms with Gasteiger partial charge in [0.15, 0.2) is 0 Å². The average molecular weight is 390 g/mol. The van der Waals surface area contributed by atoms with Crippen molar-refractivity contribution in [2.24, 2.45) is 16.7 Å². The standard InChI is InChI=1S/C22H35N3O3/c1-23-18(27)21-13-19(14-21,28-22(21)9-11-24-12-10-22)15-25-17(26)20(7-8-20)16-5-3-2-4-6-16/h16,24H,2-15H2,1H3,(H,23,27)(H,25,26). The zero-order valence-corrected chi connectivity index (χ0v) is 17.2. The smallest absolute Gasteiger partial charge is 0.229 e. The Balaban J connectivity index is 1.27. The molecule has 3 saturated carbocycles. The van der Waals surface area contributed by atoms with Gasteiger partial charge >= 0.3 is 0 Å². The van der Waals surface area contributed by atoms with Gasteiger partial charge in [0, 0.05) is 13.6 Å². The number of piperidine rings is 1. The molecule has 0 aromatic carbocycles. The van der Waals surface area contributed by atoms with Gasteiger partial charge in [0.1, 0.15) is 0 Å². The summed E-state index contributed by atoms with van der Waals surface area (Å²) in [6.45, 7) is 2.35. The topological polar surface area (TPSA) is 79.5 Å². The van der Waals surface area contributed by atoms with Crippen LogP contribution in [0.5, 0.6) is 0 Å². The van der Waals surface area contributed by atoms with E-state index in [4.69, 9.17) is 4.74 Å². The first-order valence-electron chi connectivity index (χ1n) is 11.4. The molecular weight excluding hydrogens is 354 g/mol. The van der Waals surface area contributed by atoms with Crippen LogP contribution in [0.2, 0.25) is 0 Å². The predicted molar refractivity (Wildman–Crippen MR) is 106 cm³/mol. The van der Waals surface area contributed by atoms with Crippen molar-refractivity contribution in [1.29, 1.82) is 0 Å². The largest absolute Gasteiger partial charge is 0.365 e. The summed E-state index contributed by atoms with van der Waals surface area (Å²) >= 11 is 0. The lowest BCUT2D eigenvalue weighted by Gasteiger charge is -2.47. The highest BCUT2D eigenvalue weighted by atomic mass is 16.5. The van der Waals surface area contributed by atoms with Crippen molar-refractivity contribution in [3.8, 4) is 0 Å². The Hall–Kier alpha value is -1.14. The van der Waals surface area contributed by atoms with Crippen LogP contribution in [0.4, 0.5) is 0 Å². The average Bonchev–Trinajstić information content (AvgIpc) is 3.42. The maximum Gasteiger partial charge on any atom is 0.229 e. The summed E-state index contributed by atoms with van der Waals surface area (Å²) in [6, 6.07) is 0. The monoisotopic (exact) mass is 389 g/mol. The molecule has 6 fully saturated rings. The first-order valence-corrected chi connectivity index (χ1v) is 11.4.